The molecule has 5 rings (SSSR count). The van der Waals surface area contributed by atoms with Gasteiger partial charge in [-0.15, -0.1) is 0 Å². The molecule has 0 aromatic heterocycles. The number of fused-ring (bicyclic) bond motifs is 3. The molecule has 0 amide bonds. The van der Waals surface area contributed by atoms with Crippen molar-refractivity contribution in [3.63, 3.8) is 0 Å². The van der Waals surface area contributed by atoms with Gasteiger partial charge in [0.25, 0.3) is 5.69 Å². The monoisotopic (exact) mass is 559 g/mol. The molecule has 2 aromatic rings. The first-order valence-electron chi connectivity index (χ1n) is 12.9. The van der Waals surface area contributed by atoms with Gasteiger partial charge in [0.1, 0.15) is 30.5 Å². The molecule has 2 heterocycles. The van der Waals surface area contributed by atoms with Crippen LogP contribution in [0.1, 0.15) is 43.6 Å². The summed E-state index contributed by atoms with van der Waals surface area (Å²) in [7, 11) is 2.83. The molecule has 12 heteroatoms. The third-order valence-electron chi connectivity index (χ3n) is 7.09. The van der Waals surface area contributed by atoms with Crippen LogP contribution in [-0.2, 0) is 35.0 Å². The molecular formula is C28H33NO11. The Bertz CT molecular complexity index is 1260. The van der Waals surface area contributed by atoms with E-state index in [0.29, 0.717) is 11.3 Å². The summed E-state index contributed by atoms with van der Waals surface area (Å²) in [5, 5.41) is 11.9. The third kappa shape index (κ3) is 5.37. The molecule has 0 radical (unpaired) electrons. The minimum absolute atomic E-state index is 0.209. The summed E-state index contributed by atoms with van der Waals surface area (Å²) in [5.74, 6) is -2.06. The molecule has 3 aliphatic rings. The fourth-order valence-electron chi connectivity index (χ4n) is 5.50. The van der Waals surface area contributed by atoms with Crippen LogP contribution in [0.3, 0.4) is 0 Å². The van der Waals surface area contributed by atoms with E-state index in [1.165, 1.54) is 26.4 Å². The lowest BCUT2D eigenvalue weighted by atomic mass is 9.84. The predicted octanol–water partition coefficient (Wildman–Crippen LogP) is 3.78. The number of methoxy groups -OCH3 is 2. The van der Waals surface area contributed by atoms with E-state index in [4.69, 9.17) is 37.9 Å². The Hall–Kier alpha value is -3.29. The van der Waals surface area contributed by atoms with E-state index < -0.39 is 59.1 Å². The second-order valence-corrected chi connectivity index (χ2v) is 10.7. The molecule has 6 atom stereocenters. The lowest BCUT2D eigenvalue weighted by Gasteiger charge is -2.42. The van der Waals surface area contributed by atoms with Crippen molar-refractivity contribution in [1.29, 1.82) is 0 Å². The van der Waals surface area contributed by atoms with Gasteiger partial charge in [-0.1, -0.05) is 18.2 Å². The number of hydrogen-bond donors (Lipinski definition) is 0. The fourth-order valence-corrected chi connectivity index (χ4v) is 5.50. The highest BCUT2D eigenvalue weighted by molar-refractivity contribution is 5.89. The molecule has 3 fully saturated rings. The zero-order chi connectivity index (χ0) is 28.8. The maximum atomic E-state index is 13.2. The van der Waals surface area contributed by atoms with Gasteiger partial charge in [0.15, 0.2) is 29.2 Å². The van der Waals surface area contributed by atoms with Crippen LogP contribution in [0.15, 0.2) is 42.5 Å². The van der Waals surface area contributed by atoms with Crippen molar-refractivity contribution in [2.45, 2.75) is 82.5 Å². The van der Waals surface area contributed by atoms with Crippen LogP contribution in [0.25, 0.3) is 0 Å². The zero-order valence-corrected chi connectivity index (χ0v) is 23.2. The first-order chi connectivity index (χ1) is 18.9. The lowest BCUT2D eigenvalue weighted by molar-refractivity contribution is -0.386. The first kappa shape index (κ1) is 28.2. The number of nitrogens with zero attached hydrogens (tertiary/aromatic N) is 1. The molecule has 0 N–H and O–H groups in total. The Morgan fingerprint density at radius 1 is 0.850 bits per heavy atom. The van der Waals surface area contributed by atoms with Gasteiger partial charge in [0.2, 0.25) is 0 Å². The van der Waals surface area contributed by atoms with Crippen molar-refractivity contribution in [3.8, 4) is 11.5 Å². The van der Waals surface area contributed by atoms with Crippen LogP contribution in [0.2, 0.25) is 0 Å². The molecule has 40 heavy (non-hydrogen) atoms. The molecule has 0 bridgehead atoms. The maximum Gasteiger partial charge on any atom is 0.338 e. The standard InChI is InChI=1S/C28H33NO11/c1-27(2)37-22-20(35-14-16-12-18(33-5)19(34-6)13-17(16)29(31)32)21(36-26(30)15-10-8-7-9-11-15)23-25(24(22)39-27)40-28(3,4)38-23/h7-13,20-25H,14H2,1-6H3/t20-,21-,22+,23-,24-,25-/m1/s1. The minimum atomic E-state index is -0.996. The van der Waals surface area contributed by atoms with Crippen LogP contribution in [0.5, 0.6) is 11.5 Å². The maximum absolute atomic E-state index is 13.2. The summed E-state index contributed by atoms with van der Waals surface area (Å²) in [6, 6.07) is 11.3. The van der Waals surface area contributed by atoms with E-state index in [9.17, 15) is 14.9 Å². The highest BCUT2D eigenvalue weighted by Crippen LogP contribution is 2.47. The third-order valence-corrected chi connectivity index (χ3v) is 7.09. The number of nitro groups is 1. The summed E-state index contributed by atoms with van der Waals surface area (Å²) >= 11 is 0. The minimum Gasteiger partial charge on any atom is -0.493 e. The van der Waals surface area contributed by atoms with Crippen molar-refractivity contribution in [3.05, 3.63) is 63.7 Å². The number of rotatable bonds is 8. The SMILES string of the molecule is COc1cc(CO[C@@H]2[C@@H](OC(=O)c3ccccc3)[C@H]3OC(C)(C)O[C@H]3[C@@H]3OC(C)(C)O[C@@H]23)c([N+](=O)[O-])cc1OC. The smallest absolute Gasteiger partial charge is 0.338 e. The van der Waals surface area contributed by atoms with Crippen LogP contribution in [-0.4, -0.2) is 73.3 Å². The van der Waals surface area contributed by atoms with Gasteiger partial charge in [-0.25, -0.2) is 4.79 Å². The lowest BCUT2D eigenvalue weighted by Crippen LogP contribution is -2.63. The number of esters is 1. The van der Waals surface area contributed by atoms with Gasteiger partial charge in [-0.2, -0.15) is 0 Å². The quantitative estimate of drug-likeness (QED) is 0.266. The second kappa shape index (κ2) is 10.6. The first-order valence-corrected chi connectivity index (χ1v) is 12.9. The van der Waals surface area contributed by atoms with E-state index in [0.717, 1.165) is 0 Å². The molecule has 216 valence electrons. The van der Waals surface area contributed by atoms with Crippen molar-refractivity contribution in [2.75, 3.05) is 14.2 Å². The molecule has 2 saturated heterocycles. The second-order valence-electron chi connectivity index (χ2n) is 10.7. The zero-order valence-electron chi connectivity index (χ0n) is 23.2. The van der Waals surface area contributed by atoms with Crippen LogP contribution in [0.4, 0.5) is 5.69 Å². The van der Waals surface area contributed by atoms with Crippen molar-refractivity contribution < 1.29 is 47.6 Å². The van der Waals surface area contributed by atoms with Gasteiger partial charge in [0.05, 0.1) is 42.9 Å². The highest BCUT2D eigenvalue weighted by atomic mass is 16.8. The molecule has 2 aliphatic heterocycles. The fraction of sp³-hybridized carbons (Fsp3) is 0.536. The molecule has 0 spiro atoms. The number of benzene rings is 2. The van der Waals surface area contributed by atoms with E-state index >= 15 is 0 Å². The predicted molar refractivity (Wildman–Crippen MR) is 138 cm³/mol. The average molecular weight is 560 g/mol. The van der Waals surface area contributed by atoms with Crippen molar-refractivity contribution in [2.24, 2.45) is 0 Å². The summed E-state index contributed by atoms with van der Waals surface area (Å²) in [4.78, 5) is 24.6. The van der Waals surface area contributed by atoms with Gasteiger partial charge in [-0.05, 0) is 45.9 Å². The average Bonchev–Trinajstić information content (AvgIpc) is 3.42. The Kier molecular flexibility index (Phi) is 7.48. The number of hydrogen-bond acceptors (Lipinski definition) is 11. The Labute approximate surface area is 231 Å². The highest BCUT2D eigenvalue weighted by Gasteiger charge is 2.65. The molecule has 2 aromatic carbocycles. The summed E-state index contributed by atoms with van der Waals surface area (Å²) in [6.07, 6.45) is -4.64. The van der Waals surface area contributed by atoms with Gasteiger partial charge < -0.3 is 37.9 Å². The normalized spacial score (nSPS) is 29.8. The topological polar surface area (TPSA) is 134 Å². The number of carbonyl (C=O) groups excluding carboxylic acids is 1. The molecular weight excluding hydrogens is 526 g/mol. The van der Waals surface area contributed by atoms with Gasteiger partial charge >= 0.3 is 5.97 Å². The Balaban J connectivity index is 1.51. The molecule has 0 unspecified atom stereocenters. The summed E-state index contributed by atoms with van der Waals surface area (Å²) in [5.41, 5.74) is 0.361. The van der Waals surface area contributed by atoms with Crippen LogP contribution in [0, 0.1) is 10.1 Å². The van der Waals surface area contributed by atoms with Crippen molar-refractivity contribution in [1.82, 2.24) is 0 Å². The molecule has 12 nitrogen and oxygen atoms in total. The van der Waals surface area contributed by atoms with E-state index in [2.05, 4.69) is 0 Å². The largest absolute Gasteiger partial charge is 0.493 e. The van der Waals surface area contributed by atoms with Gasteiger partial charge in [-0.3, -0.25) is 10.1 Å². The van der Waals surface area contributed by atoms with Crippen LogP contribution < -0.4 is 9.47 Å². The number of ether oxygens (including phenoxy) is 8. The Morgan fingerprint density at radius 3 is 1.93 bits per heavy atom. The molecule has 1 aliphatic carbocycles. The Morgan fingerprint density at radius 2 is 1.38 bits per heavy atom. The number of nitro benzene ring substituents is 1. The van der Waals surface area contributed by atoms with Gasteiger partial charge in [0, 0.05) is 0 Å². The van der Waals surface area contributed by atoms with E-state index in [1.54, 1.807) is 58.0 Å². The summed E-state index contributed by atoms with van der Waals surface area (Å²) < 4.78 is 47.9. The molecule has 1 saturated carbocycles. The van der Waals surface area contributed by atoms with Crippen molar-refractivity contribution >= 4 is 11.7 Å². The van der Waals surface area contributed by atoms with E-state index in [-0.39, 0.29) is 23.6 Å². The van der Waals surface area contributed by atoms with E-state index in [1.807, 2.05) is 0 Å². The van der Waals surface area contributed by atoms with Crippen LogP contribution >= 0.6 is 0 Å². The number of carbonyl (C=O) groups is 1. The summed E-state index contributed by atoms with van der Waals surface area (Å²) in [6.45, 7) is 6.83.